The van der Waals surface area contributed by atoms with Crippen LogP contribution in [0, 0.1) is 5.82 Å². The lowest BCUT2D eigenvalue weighted by Crippen LogP contribution is -2.03. The Morgan fingerprint density at radius 1 is 1.35 bits per heavy atom. The lowest BCUT2D eigenvalue weighted by atomic mass is 10.3. The molecule has 0 radical (unpaired) electrons. The van der Waals surface area contributed by atoms with Crippen LogP contribution in [0.2, 0.25) is 0 Å². The van der Waals surface area contributed by atoms with E-state index in [-0.39, 0.29) is 5.82 Å². The maximum atomic E-state index is 13.1. The molecule has 3 nitrogen and oxygen atoms in total. The van der Waals surface area contributed by atoms with Crippen LogP contribution in [0.15, 0.2) is 35.0 Å². The van der Waals surface area contributed by atoms with Crippen molar-refractivity contribution in [2.75, 3.05) is 5.73 Å². The highest BCUT2D eigenvalue weighted by Crippen LogP contribution is 2.21. The second kappa shape index (κ2) is 3.85. The Balaban J connectivity index is 2.12. The molecule has 0 unspecified atom stereocenters. The van der Waals surface area contributed by atoms with E-state index >= 15 is 0 Å². The van der Waals surface area contributed by atoms with E-state index in [1.165, 1.54) is 17.7 Å². The van der Waals surface area contributed by atoms with Crippen LogP contribution in [0.3, 0.4) is 0 Å². The lowest BCUT2D eigenvalue weighted by Gasteiger charge is -2.04. The Kier molecular flexibility index (Phi) is 2.33. The normalized spacial score (nSPS) is 11.1. The highest BCUT2D eigenvalue weighted by atomic mass is 32.1. The topological polar surface area (TPSA) is 43.8 Å². The predicted molar refractivity (Wildman–Crippen MR) is 67.5 cm³/mol. The molecule has 0 saturated heterocycles. The average molecular weight is 247 g/mol. The van der Waals surface area contributed by atoms with E-state index in [9.17, 15) is 4.39 Å². The molecule has 0 spiro atoms. The van der Waals surface area contributed by atoms with E-state index < -0.39 is 0 Å². The minimum atomic E-state index is -0.294. The highest BCUT2D eigenvalue weighted by Gasteiger charge is 2.09. The van der Waals surface area contributed by atoms with Crippen LogP contribution in [0.1, 0.15) is 5.56 Å². The zero-order valence-electron chi connectivity index (χ0n) is 8.93. The van der Waals surface area contributed by atoms with Crippen LogP contribution in [0.5, 0.6) is 0 Å². The van der Waals surface area contributed by atoms with Crippen molar-refractivity contribution >= 4 is 28.3 Å². The highest BCUT2D eigenvalue weighted by molar-refractivity contribution is 7.07. The number of nitrogens with zero attached hydrogens (tertiary/aromatic N) is 2. The Hall–Kier alpha value is -1.88. The molecule has 0 aliphatic heterocycles. The quantitative estimate of drug-likeness (QED) is 0.756. The van der Waals surface area contributed by atoms with Gasteiger partial charge in [0, 0.05) is 6.07 Å². The minimum Gasteiger partial charge on any atom is -0.369 e. The van der Waals surface area contributed by atoms with E-state index in [1.54, 1.807) is 17.4 Å². The van der Waals surface area contributed by atoms with E-state index in [4.69, 9.17) is 5.73 Å². The molecule has 2 N–H and O–H groups in total. The van der Waals surface area contributed by atoms with Crippen LogP contribution >= 0.6 is 11.3 Å². The molecule has 0 aliphatic carbocycles. The van der Waals surface area contributed by atoms with Crippen molar-refractivity contribution in [2.24, 2.45) is 0 Å². The minimum absolute atomic E-state index is 0.294. The first-order valence-corrected chi connectivity index (χ1v) is 6.10. The van der Waals surface area contributed by atoms with Crippen LogP contribution in [0.4, 0.5) is 10.3 Å². The number of imidazole rings is 1. The molecule has 0 amide bonds. The fourth-order valence-electron chi connectivity index (χ4n) is 1.85. The smallest absolute Gasteiger partial charge is 0.201 e. The van der Waals surface area contributed by atoms with Crippen molar-refractivity contribution in [3.63, 3.8) is 0 Å². The monoisotopic (exact) mass is 247 g/mol. The molecule has 0 saturated carbocycles. The van der Waals surface area contributed by atoms with Gasteiger partial charge in [0.2, 0.25) is 5.95 Å². The van der Waals surface area contributed by atoms with E-state index in [1.807, 2.05) is 16.0 Å². The van der Waals surface area contributed by atoms with Crippen molar-refractivity contribution < 1.29 is 4.39 Å². The van der Waals surface area contributed by atoms with Crippen LogP contribution in [-0.4, -0.2) is 9.55 Å². The molecule has 0 bridgehead atoms. The summed E-state index contributed by atoms with van der Waals surface area (Å²) in [6.45, 7) is 0.664. The average Bonchev–Trinajstić information content (AvgIpc) is 2.88. The second-order valence-corrected chi connectivity index (χ2v) is 4.60. The summed E-state index contributed by atoms with van der Waals surface area (Å²) in [6.07, 6.45) is 0. The van der Waals surface area contributed by atoms with E-state index in [0.29, 0.717) is 18.0 Å². The van der Waals surface area contributed by atoms with Crippen LogP contribution in [-0.2, 0) is 6.54 Å². The molecule has 0 atom stereocenters. The van der Waals surface area contributed by atoms with Gasteiger partial charge in [-0.25, -0.2) is 9.37 Å². The van der Waals surface area contributed by atoms with Gasteiger partial charge in [0.05, 0.1) is 17.6 Å². The molecule has 2 heterocycles. The first kappa shape index (κ1) is 10.3. The van der Waals surface area contributed by atoms with Gasteiger partial charge in [-0.1, -0.05) is 0 Å². The maximum absolute atomic E-state index is 13.1. The molecular weight excluding hydrogens is 237 g/mol. The van der Waals surface area contributed by atoms with Crippen LogP contribution < -0.4 is 5.73 Å². The summed E-state index contributed by atoms with van der Waals surface area (Å²) in [7, 11) is 0. The predicted octanol–water partition coefficient (Wildman–Crippen LogP) is 2.87. The summed E-state index contributed by atoms with van der Waals surface area (Å²) < 4.78 is 15.0. The standard InChI is InChI=1S/C12H10FN3S/c13-9-1-2-11-10(5-9)15-12(14)16(11)6-8-3-4-17-7-8/h1-5,7H,6H2,(H2,14,15). The number of anilines is 1. The van der Waals surface area contributed by atoms with Gasteiger partial charge in [-0.2, -0.15) is 11.3 Å². The molecule has 5 heteroatoms. The number of nitrogen functional groups attached to an aromatic ring is 1. The first-order valence-electron chi connectivity index (χ1n) is 5.16. The van der Waals surface area contributed by atoms with Gasteiger partial charge < -0.3 is 10.3 Å². The SMILES string of the molecule is Nc1nc2cc(F)ccc2n1Cc1ccsc1. The molecule has 17 heavy (non-hydrogen) atoms. The second-order valence-electron chi connectivity index (χ2n) is 3.82. The van der Waals surface area contributed by atoms with E-state index in [2.05, 4.69) is 10.4 Å². The summed E-state index contributed by atoms with van der Waals surface area (Å²) in [5.41, 5.74) is 8.48. The summed E-state index contributed by atoms with van der Waals surface area (Å²) >= 11 is 1.64. The number of hydrogen-bond acceptors (Lipinski definition) is 3. The summed E-state index contributed by atoms with van der Waals surface area (Å²) in [6, 6.07) is 6.57. The van der Waals surface area contributed by atoms with Crippen molar-refractivity contribution in [1.29, 1.82) is 0 Å². The van der Waals surface area contributed by atoms with Gasteiger partial charge in [-0.3, -0.25) is 0 Å². The van der Waals surface area contributed by atoms with E-state index in [0.717, 1.165) is 5.52 Å². The third kappa shape index (κ3) is 1.78. The van der Waals surface area contributed by atoms with Gasteiger partial charge in [-0.15, -0.1) is 0 Å². The summed E-state index contributed by atoms with van der Waals surface area (Å²) in [4.78, 5) is 4.16. The zero-order valence-corrected chi connectivity index (χ0v) is 9.75. The Morgan fingerprint density at radius 2 is 2.24 bits per heavy atom. The van der Waals surface area contributed by atoms with Crippen LogP contribution in [0.25, 0.3) is 11.0 Å². The fourth-order valence-corrected chi connectivity index (χ4v) is 2.51. The molecule has 0 fully saturated rings. The third-order valence-electron chi connectivity index (χ3n) is 2.66. The molecule has 0 aliphatic rings. The Bertz CT molecular complexity index is 658. The zero-order chi connectivity index (χ0) is 11.8. The number of halogens is 1. The molecule has 86 valence electrons. The van der Waals surface area contributed by atoms with Crippen molar-refractivity contribution in [3.8, 4) is 0 Å². The first-order chi connectivity index (χ1) is 8.24. The number of fused-ring (bicyclic) bond motifs is 1. The molecule has 1 aromatic carbocycles. The van der Waals surface area contributed by atoms with Gasteiger partial charge in [0.15, 0.2) is 0 Å². The van der Waals surface area contributed by atoms with Crippen molar-refractivity contribution in [3.05, 3.63) is 46.4 Å². The third-order valence-corrected chi connectivity index (χ3v) is 3.39. The molecule has 3 aromatic rings. The number of rotatable bonds is 2. The number of aromatic nitrogens is 2. The molecule has 2 aromatic heterocycles. The molecule has 3 rings (SSSR count). The molecular formula is C12H10FN3S. The lowest BCUT2D eigenvalue weighted by molar-refractivity contribution is 0.629. The van der Waals surface area contributed by atoms with Gasteiger partial charge in [0.25, 0.3) is 0 Å². The Labute approximate surface area is 101 Å². The van der Waals surface area contributed by atoms with Crippen molar-refractivity contribution in [1.82, 2.24) is 9.55 Å². The number of thiophene rings is 1. The largest absolute Gasteiger partial charge is 0.369 e. The van der Waals surface area contributed by atoms with Gasteiger partial charge in [0.1, 0.15) is 5.82 Å². The Morgan fingerprint density at radius 3 is 3.00 bits per heavy atom. The summed E-state index contributed by atoms with van der Waals surface area (Å²) in [5, 5.41) is 4.08. The fraction of sp³-hybridized carbons (Fsp3) is 0.0833. The maximum Gasteiger partial charge on any atom is 0.201 e. The van der Waals surface area contributed by atoms with Gasteiger partial charge in [-0.05, 0) is 34.5 Å². The van der Waals surface area contributed by atoms with Gasteiger partial charge >= 0.3 is 0 Å². The van der Waals surface area contributed by atoms with Crippen molar-refractivity contribution in [2.45, 2.75) is 6.54 Å². The number of benzene rings is 1. The number of nitrogens with two attached hydrogens (primary N) is 1. The number of hydrogen-bond donors (Lipinski definition) is 1. The summed E-state index contributed by atoms with van der Waals surface area (Å²) in [5.74, 6) is 0.120.